The fraction of sp³-hybridized carbons (Fsp3) is 0.375. The monoisotopic (exact) mass is 729 g/mol. The first-order chi connectivity index (χ1) is 24.5. The van der Waals surface area contributed by atoms with Crippen LogP contribution < -0.4 is 43.8 Å². The molecular weight excluding hydrogens is 686 g/mol. The lowest BCUT2D eigenvalue weighted by Gasteiger charge is -2.25. The van der Waals surface area contributed by atoms with Crippen molar-refractivity contribution in [3.63, 3.8) is 0 Å². The fourth-order valence-corrected chi connectivity index (χ4v) is 4.53. The summed E-state index contributed by atoms with van der Waals surface area (Å²) in [4.78, 5) is 90.6. The number of phenols is 2. The summed E-state index contributed by atoms with van der Waals surface area (Å²) in [5, 5.41) is 49.6. The number of benzene rings is 2. The molecule has 0 bridgehead atoms. The van der Waals surface area contributed by atoms with Gasteiger partial charge >= 0.3 is 11.9 Å². The number of nitrogens with two attached hydrogens (primary N) is 3. The first-order valence-corrected chi connectivity index (χ1v) is 15.8. The number of phenolic OH excluding ortho intramolecular Hbond substituents is 2. The number of rotatable bonds is 21. The number of hydrogen-bond donors (Lipinski definition) is 12. The Labute approximate surface area is 297 Å². The zero-order valence-corrected chi connectivity index (χ0v) is 27.9. The second-order valence-corrected chi connectivity index (χ2v) is 11.5. The molecule has 0 saturated heterocycles. The SMILES string of the molecule is NC(N)=NCCC[C@H](NC(=O)CNC(=O)CNC(=O)[C@@H](N)CC(=O)O)C(=O)N[C@@H](Cc1ccc(O)cc1)C(=O)N[C@@H](Cc1ccc(O)cc1)C(=O)O. The van der Waals surface area contributed by atoms with Crippen LogP contribution in [-0.2, 0) is 46.4 Å². The zero-order valence-electron chi connectivity index (χ0n) is 27.9. The van der Waals surface area contributed by atoms with E-state index in [1.54, 1.807) is 0 Å². The number of nitrogens with one attached hydrogen (secondary N) is 5. The maximum absolute atomic E-state index is 13.6. The lowest BCUT2D eigenvalue weighted by atomic mass is 10.0. The van der Waals surface area contributed by atoms with Crippen LogP contribution in [0.25, 0.3) is 0 Å². The van der Waals surface area contributed by atoms with Crippen molar-refractivity contribution in [3.05, 3.63) is 59.7 Å². The maximum Gasteiger partial charge on any atom is 0.326 e. The highest BCUT2D eigenvalue weighted by atomic mass is 16.4. The van der Waals surface area contributed by atoms with Crippen LogP contribution in [0, 0.1) is 0 Å². The lowest BCUT2D eigenvalue weighted by molar-refractivity contribution is -0.142. The molecule has 0 unspecified atom stereocenters. The van der Waals surface area contributed by atoms with Gasteiger partial charge in [0.2, 0.25) is 29.5 Å². The highest BCUT2D eigenvalue weighted by Gasteiger charge is 2.30. The van der Waals surface area contributed by atoms with Gasteiger partial charge in [0.1, 0.15) is 29.6 Å². The summed E-state index contributed by atoms with van der Waals surface area (Å²) in [7, 11) is 0. The molecule has 2 rings (SSSR count). The largest absolute Gasteiger partial charge is 0.508 e. The smallest absolute Gasteiger partial charge is 0.326 e. The van der Waals surface area contributed by atoms with Crippen molar-refractivity contribution in [2.75, 3.05) is 19.6 Å². The van der Waals surface area contributed by atoms with Gasteiger partial charge in [-0.3, -0.25) is 33.8 Å². The van der Waals surface area contributed by atoms with Crippen LogP contribution in [0.5, 0.6) is 11.5 Å². The van der Waals surface area contributed by atoms with E-state index in [1.165, 1.54) is 48.5 Å². The highest BCUT2D eigenvalue weighted by molar-refractivity contribution is 5.95. The molecule has 4 atom stereocenters. The molecule has 0 radical (unpaired) electrons. The standard InChI is InChI=1S/C32H43N9O11/c33-21(14-27(46)47)28(48)38-15-25(44)37-16-26(45)39-22(2-1-11-36-32(34)35)29(49)40-23(12-17-3-7-19(42)8-4-17)30(50)41-24(31(51)52)13-18-5-9-20(43)10-6-18/h3-10,21-24,42-43H,1-2,11-16,33H2,(H,37,44)(H,38,48)(H,39,45)(H,40,49)(H,41,50)(H,46,47)(H,51,52)(H4,34,35,36)/t21-,22-,23-,24-/m0/s1. The van der Waals surface area contributed by atoms with Gasteiger partial charge in [0.05, 0.1) is 25.6 Å². The van der Waals surface area contributed by atoms with Gasteiger partial charge in [0.25, 0.3) is 0 Å². The Balaban J connectivity index is 2.19. The van der Waals surface area contributed by atoms with Crippen molar-refractivity contribution in [2.45, 2.75) is 56.3 Å². The molecule has 0 fully saturated rings. The van der Waals surface area contributed by atoms with Crippen molar-refractivity contribution in [1.82, 2.24) is 26.6 Å². The molecule has 2 aromatic rings. The molecule has 0 heterocycles. The lowest BCUT2D eigenvalue weighted by Crippen LogP contribution is -2.57. The number of carboxylic acids is 2. The molecule has 0 aliphatic rings. The fourth-order valence-electron chi connectivity index (χ4n) is 4.53. The van der Waals surface area contributed by atoms with Crippen molar-refractivity contribution in [1.29, 1.82) is 0 Å². The summed E-state index contributed by atoms with van der Waals surface area (Å²) >= 11 is 0. The van der Waals surface area contributed by atoms with E-state index in [-0.39, 0.29) is 49.7 Å². The predicted molar refractivity (Wildman–Crippen MR) is 183 cm³/mol. The van der Waals surface area contributed by atoms with Gasteiger partial charge in [-0.05, 0) is 48.2 Å². The number of aliphatic imine (C=N–C) groups is 1. The topological polar surface area (TPSA) is 351 Å². The Bertz CT molecular complexity index is 1600. The molecular formula is C32H43N9O11. The van der Waals surface area contributed by atoms with Gasteiger partial charge in [0.15, 0.2) is 5.96 Å². The number of carbonyl (C=O) groups is 7. The van der Waals surface area contributed by atoms with E-state index in [2.05, 4.69) is 31.6 Å². The first kappa shape index (κ1) is 41.7. The van der Waals surface area contributed by atoms with E-state index >= 15 is 0 Å². The average molecular weight is 730 g/mol. The molecule has 15 N–H and O–H groups in total. The Morgan fingerprint density at radius 2 is 1.15 bits per heavy atom. The second kappa shape index (κ2) is 20.9. The number of aliphatic carboxylic acids is 2. The van der Waals surface area contributed by atoms with E-state index in [0.717, 1.165) is 0 Å². The molecule has 0 spiro atoms. The van der Waals surface area contributed by atoms with Crippen LogP contribution in [-0.4, -0.2) is 112 Å². The van der Waals surface area contributed by atoms with Crippen molar-refractivity contribution in [2.24, 2.45) is 22.2 Å². The van der Waals surface area contributed by atoms with Gasteiger partial charge in [-0.25, -0.2) is 4.79 Å². The molecule has 282 valence electrons. The quantitative estimate of drug-likeness (QED) is 0.0337. The Morgan fingerprint density at radius 3 is 1.67 bits per heavy atom. The summed E-state index contributed by atoms with van der Waals surface area (Å²) in [6.45, 7) is -1.21. The highest BCUT2D eigenvalue weighted by Crippen LogP contribution is 2.14. The third kappa shape index (κ3) is 15.8. The number of guanidine groups is 1. The molecule has 20 nitrogen and oxygen atoms in total. The molecule has 20 heteroatoms. The molecule has 52 heavy (non-hydrogen) atoms. The van der Waals surface area contributed by atoms with Gasteiger partial charge in [-0.2, -0.15) is 0 Å². The molecule has 0 aromatic heterocycles. The van der Waals surface area contributed by atoms with Crippen molar-refractivity contribution >= 4 is 47.4 Å². The van der Waals surface area contributed by atoms with Gasteiger partial charge in [-0.1, -0.05) is 24.3 Å². The van der Waals surface area contributed by atoms with E-state index in [0.29, 0.717) is 11.1 Å². The molecule has 2 aromatic carbocycles. The van der Waals surface area contributed by atoms with E-state index in [9.17, 15) is 48.9 Å². The number of carboxylic acid groups (broad SMARTS) is 2. The maximum atomic E-state index is 13.6. The van der Waals surface area contributed by atoms with E-state index in [4.69, 9.17) is 22.3 Å². The molecule has 0 saturated carbocycles. The van der Waals surface area contributed by atoms with Crippen molar-refractivity contribution in [3.8, 4) is 11.5 Å². The minimum Gasteiger partial charge on any atom is -0.508 e. The van der Waals surface area contributed by atoms with Crippen LogP contribution >= 0.6 is 0 Å². The first-order valence-electron chi connectivity index (χ1n) is 15.8. The normalized spacial score (nSPS) is 12.9. The number of carbonyl (C=O) groups excluding carboxylic acids is 5. The number of aromatic hydroxyl groups is 2. The van der Waals surface area contributed by atoms with Crippen LogP contribution in [0.2, 0.25) is 0 Å². The van der Waals surface area contributed by atoms with Crippen LogP contribution in [0.15, 0.2) is 53.5 Å². The number of nitrogens with zero attached hydrogens (tertiary/aromatic N) is 1. The van der Waals surface area contributed by atoms with Gasteiger partial charge < -0.3 is 64.2 Å². The van der Waals surface area contributed by atoms with Crippen LogP contribution in [0.3, 0.4) is 0 Å². The zero-order chi connectivity index (χ0) is 38.8. The van der Waals surface area contributed by atoms with Gasteiger partial charge in [0, 0.05) is 19.4 Å². The molecule has 0 aliphatic heterocycles. The third-order valence-electron chi connectivity index (χ3n) is 7.20. The Hall–Kier alpha value is -6.44. The molecule has 0 aliphatic carbocycles. The number of hydrogen-bond acceptors (Lipinski definition) is 11. The number of amides is 5. The summed E-state index contributed by atoms with van der Waals surface area (Å²) in [5.41, 5.74) is 17.1. The Kier molecular flexibility index (Phi) is 16.8. The summed E-state index contributed by atoms with van der Waals surface area (Å²) < 4.78 is 0. The summed E-state index contributed by atoms with van der Waals surface area (Å²) in [5.74, 6) is -7.31. The average Bonchev–Trinajstić information content (AvgIpc) is 3.08. The summed E-state index contributed by atoms with van der Waals surface area (Å²) in [6, 6.07) is 5.85. The van der Waals surface area contributed by atoms with Gasteiger partial charge in [-0.15, -0.1) is 0 Å². The van der Waals surface area contributed by atoms with E-state index in [1.807, 2.05) is 0 Å². The van der Waals surface area contributed by atoms with Crippen LogP contribution in [0.4, 0.5) is 0 Å². The molecule has 5 amide bonds. The third-order valence-corrected chi connectivity index (χ3v) is 7.20. The summed E-state index contributed by atoms with van der Waals surface area (Å²) in [6.07, 6.45) is -0.856. The van der Waals surface area contributed by atoms with Crippen LogP contribution in [0.1, 0.15) is 30.4 Å². The Morgan fingerprint density at radius 1 is 0.654 bits per heavy atom. The van der Waals surface area contributed by atoms with E-state index < -0.39 is 85.2 Å². The minimum absolute atomic E-state index is 0.0395. The predicted octanol–water partition coefficient (Wildman–Crippen LogP) is -3.49. The van der Waals surface area contributed by atoms with Crippen molar-refractivity contribution < 1.29 is 54.0 Å². The second-order valence-electron chi connectivity index (χ2n) is 11.5. The minimum atomic E-state index is -1.44.